The third-order valence-corrected chi connectivity index (χ3v) is 4.96. The van der Waals surface area contributed by atoms with E-state index in [-0.39, 0.29) is 0 Å². The zero-order chi connectivity index (χ0) is 12.7. The summed E-state index contributed by atoms with van der Waals surface area (Å²) in [6.45, 7) is 8.15. The number of primary amides is 1. The largest absolute Gasteiger partial charge is 0.448 e. The molecule has 4 heteroatoms. The first kappa shape index (κ1) is 12.7. The lowest BCUT2D eigenvalue weighted by Crippen LogP contribution is -2.51. The van der Waals surface area contributed by atoms with Gasteiger partial charge in [0, 0.05) is 12.6 Å². The number of nitrogens with two attached hydrogens (primary N) is 1. The van der Waals surface area contributed by atoms with E-state index in [1.165, 1.54) is 19.3 Å². The molecule has 2 bridgehead atoms. The van der Waals surface area contributed by atoms with Gasteiger partial charge in [-0.1, -0.05) is 20.8 Å². The molecule has 0 aromatic heterocycles. The SMILES string of the molecule is CC1(C)C(NCCOC(N)=O)[C@]2(C)CC[C@H]1C2. The summed E-state index contributed by atoms with van der Waals surface area (Å²) in [6.07, 6.45) is 3.31. The molecule has 0 saturated heterocycles. The average Bonchev–Trinajstić information content (AvgIpc) is 2.67. The van der Waals surface area contributed by atoms with Crippen LogP contribution in [0.1, 0.15) is 40.0 Å². The third kappa shape index (κ3) is 2.15. The van der Waals surface area contributed by atoms with Gasteiger partial charge in [-0.2, -0.15) is 0 Å². The van der Waals surface area contributed by atoms with E-state index in [1.54, 1.807) is 0 Å². The Bertz CT molecular complexity index is 312. The maximum atomic E-state index is 10.5. The molecule has 4 nitrogen and oxygen atoms in total. The highest BCUT2D eigenvalue weighted by molar-refractivity contribution is 5.64. The van der Waals surface area contributed by atoms with Crippen LogP contribution in [0.3, 0.4) is 0 Å². The Hall–Kier alpha value is -0.770. The number of ether oxygens (including phenoxy) is 1. The van der Waals surface area contributed by atoms with Crippen LogP contribution in [0.4, 0.5) is 4.79 Å². The second kappa shape index (κ2) is 4.16. The smallest absolute Gasteiger partial charge is 0.404 e. The van der Waals surface area contributed by atoms with Crippen molar-refractivity contribution in [3.8, 4) is 0 Å². The number of carbonyl (C=O) groups excluding carboxylic acids is 1. The molecular weight excluding hydrogens is 216 g/mol. The van der Waals surface area contributed by atoms with Gasteiger partial charge in [0.1, 0.15) is 6.61 Å². The first-order valence-corrected chi connectivity index (χ1v) is 6.52. The van der Waals surface area contributed by atoms with Crippen LogP contribution in [0, 0.1) is 16.7 Å². The van der Waals surface area contributed by atoms with Crippen LogP contribution in [-0.4, -0.2) is 25.3 Å². The molecule has 1 unspecified atom stereocenters. The Labute approximate surface area is 103 Å². The quantitative estimate of drug-likeness (QED) is 0.737. The molecule has 2 aliphatic rings. The third-order valence-electron chi connectivity index (χ3n) is 4.96. The van der Waals surface area contributed by atoms with E-state index in [1.807, 2.05) is 0 Å². The van der Waals surface area contributed by atoms with E-state index >= 15 is 0 Å². The molecule has 2 aliphatic carbocycles. The number of rotatable bonds is 4. The van der Waals surface area contributed by atoms with Crippen LogP contribution in [0.2, 0.25) is 0 Å². The second-order valence-electron chi connectivity index (χ2n) is 6.47. The zero-order valence-corrected chi connectivity index (χ0v) is 11.1. The van der Waals surface area contributed by atoms with Gasteiger partial charge in [0.2, 0.25) is 0 Å². The Morgan fingerprint density at radius 1 is 1.47 bits per heavy atom. The minimum absolute atomic E-state index is 0.347. The first-order chi connectivity index (χ1) is 7.86. The Balaban J connectivity index is 1.89. The molecule has 2 saturated carbocycles. The molecular formula is C13H24N2O2. The molecule has 0 radical (unpaired) electrons. The van der Waals surface area contributed by atoms with Gasteiger partial charge in [-0.15, -0.1) is 0 Å². The minimum Gasteiger partial charge on any atom is -0.448 e. The molecule has 0 aromatic rings. The summed E-state index contributed by atoms with van der Waals surface area (Å²) in [5.74, 6) is 0.835. The molecule has 0 aromatic carbocycles. The van der Waals surface area contributed by atoms with Gasteiger partial charge >= 0.3 is 6.09 Å². The number of hydrogen-bond donors (Lipinski definition) is 2. The van der Waals surface area contributed by atoms with E-state index in [4.69, 9.17) is 10.5 Å². The lowest BCUT2D eigenvalue weighted by Gasteiger charge is -2.43. The van der Waals surface area contributed by atoms with Gasteiger partial charge in [0.25, 0.3) is 0 Å². The summed E-state index contributed by atoms with van der Waals surface area (Å²) < 4.78 is 4.76. The molecule has 1 amide bonds. The first-order valence-electron chi connectivity index (χ1n) is 6.52. The topological polar surface area (TPSA) is 64.3 Å². The molecule has 98 valence electrons. The van der Waals surface area contributed by atoms with Gasteiger partial charge in [0.05, 0.1) is 0 Å². The molecule has 0 spiro atoms. The number of amides is 1. The van der Waals surface area contributed by atoms with Gasteiger partial charge < -0.3 is 15.8 Å². The Morgan fingerprint density at radius 3 is 2.71 bits per heavy atom. The molecule has 3 N–H and O–H groups in total. The van der Waals surface area contributed by atoms with E-state index in [2.05, 4.69) is 26.1 Å². The summed E-state index contributed by atoms with van der Waals surface area (Å²) in [5, 5.41) is 3.57. The summed E-state index contributed by atoms with van der Waals surface area (Å²) in [7, 11) is 0. The van der Waals surface area contributed by atoms with Gasteiger partial charge in [-0.25, -0.2) is 4.79 Å². The molecule has 3 atom stereocenters. The number of nitrogens with one attached hydrogen (secondary N) is 1. The van der Waals surface area contributed by atoms with Crippen molar-refractivity contribution >= 4 is 6.09 Å². The van der Waals surface area contributed by atoms with Crippen molar-refractivity contribution < 1.29 is 9.53 Å². The summed E-state index contributed by atoms with van der Waals surface area (Å²) in [4.78, 5) is 10.5. The maximum Gasteiger partial charge on any atom is 0.404 e. The Morgan fingerprint density at radius 2 is 2.18 bits per heavy atom. The standard InChI is InChI=1S/C13H24N2O2/c1-12(2)9-4-5-13(3,8-9)10(12)15-6-7-17-11(14)16/h9-10,15H,4-8H2,1-3H3,(H2,14,16)/t9-,10?,13+/m0/s1. The normalized spacial score (nSPS) is 38.3. The lowest BCUT2D eigenvalue weighted by atomic mass is 9.68. The van der Waals surface area contributed by atoms with Crippen molar-refractivity contribution in [1.82, 2.24) is 5.32 Å². The zero-order valence-electron chi connectivity index (χ0n) is 11.1. The van der Waals surface area contributed by atoms with Gasteiger partial charge in [-0.05, 0) is 36.0 Å². The van der Waals surface area contributed by atoms with Crippen LogP contribution in [-0.2, 0) is 4.74 Å². The monoisotopic (exact) mass is 240 g/mol. The van der Waals surface area contributed by atoms with Crippen LogP contribution < -0.4 is 11.1 Å². The van der Waals surface area contributed by atoms with Crippen LogP contribution in [0.5, 0.6) is 0 Å². The highest BCUT2D eigenvalue weighted by atomic mass is 16.5. The minimum atomic E-state index is -0.690. The fourth-order valence-corrected chi connectivity index (χ4v) is 4.17. The fraction of sp³-hybridized carbons (Fsp3) is 0.923. The van der Waals surface area contributed by atoms with E-state index in [0.717, 1.165) is 5.92 Å². The van der Waals surface area contributed by atoms with E-state index < -0.39 is 6.09 Å². The maximum absolute atomic E-state index is 10.5. The molecule has 17 heavy (non-hydrogen) atoms. The molecule has 0 heterocycles. The molecule has 0 aliphatic heterocycles. The van der Waals surface area contributed by atoms with E-state index in [0.29, 0.717) is 30.0 Å². The van der Waals surface area contributed by atoms with Crippen molar-refractivity contribution in [2.45, 2.75) is 46.1 Å². The van der Waals surface area contributed by atoms with Crippen molar-refractivity contribution in [3.63, 3.8) is 0 Å². The lowest BCUT2D eigenvalue weighted by molar-refractivity contribution is 0.0994. The van der Waals surface area contributed by atoms with Crippen molar-refractivity contribution in [2.75, 3.05) is 13.2 Å². The highest BCUT2D eigenvalue weighted by Gasteiger charge is 2.58. The summed E-state index contributed by atoms with van der Waals surface area (Å²) in [5.41, 5.74) is 5.70. The van der Waals surface area contributed by atoms with Crippen molar-refractivity contribution in [2.24, 2.45) is 22.5 Å². The number of fused-ring (bicyclic) bond motifs is 2. The van der Waals surface area contributed by atoms with Crippen LogP contribution in [0.15, 0.2) is 0 Å². The number of hydrogen-bond acceptors (Lipinski definition) is 3. The second-order valence-corrected chi connectivity index (χ2v) is 6.47. The van der Waals surface area contributed by atoms with Crippen LogP contribution >= 0.6 is 0 Å². The van der Waals surface area contributed by atoms with Gasteiger partial charge in [-0.3, -0.25) is 0 Å². The predicted octanol–water partition coefficient (Wildman–Crippen LogP) is 1.89. The average molecular weight is 240 g/mol. The Kier molecular flexibility index (Phi) is 3.10. The summed E-state index contributed by atoms with van der Waals surface area (Å²) in [6, 6.07) is 0.519. The fourth-order valence-electron chi connectivity index (χ4n) is 4.17. The van der Waals surface area contributed by atoms with Crippen molar-refractivity contribution in [1.29, 1.82) is 0 Å². The molecule has 2 rings (SSSR count). The van der Waals surface area contributed by atoms with E-state index in [9.17, 15) is 4.79 Å². The summed E-state index contributed by atoms with van der Waals surface area (Å²) >= 11 is 0. The van der Waals surface area contributed by atoms with Crippen LogP contribution in [0.25, 0.3) is 0 Å². The highest BCUT2D eigenvalue weighted by Crippen LogP contribution is 2.62. The van der Waals surface area contributed by atoms with Gasteiger partial charge in [0.15, 0.2) is 0 Å². The van der Waals surface area contributed by atoms with Crippen molar-refractivity contribution in [3.05, 3.63) is 0 Å². The number of carbonyl (C=O) groups is 1. The predicted molar refractivity (Wildman–Crippen MR) is 66.6 cm³/mol. The molecule has 2 fully saturated rings.